The van der Waals surface area contributed by atoms with Crippen molar-refractivity contribution in [1.82, 2.24) is 0 Å². The third-order valence-corrected chi connectivity index (χ3v) is 4.20. The number of aliphatic hydroxyl groups is 5. The van der Waals surface area contributed by atoms with Crippen LogP contribution in [0, 0.1) is 0 Å². The van der Waals surface area contributed by atoms with E-state index >= 15 is 0 Å². The van der Waals surface area contributed by atoms with Gasteiger partial charge in [-0.05, 0) is 6.42 Å². The Hall–Kier alpha value is -1.06. The molecule has 0 heterocycles. The lowest BCUT2D eigenvalue weighted by Crippen LogP contribution is -2.49. The molecule has 0 aliphatic heterocycles. The first-order valence-electron chi connectivity index (χ1n) is 9.42. The van der Waals surface area contributed by atoms with Crippen molar-refractivity contribution in [2.24, 2.45) is 0 Å². The summed E-state index contributed by atoms with van der Waals surface area (Å²) in [6.45, 7) is 1.31. The maximum absolute atomic E-state index is 11.6. The van der Waals surface area contributed by atoms with Crippen LogP contribution in [0.1, 0.15) is 71.1 Å². The van der Waals surface area contributed by atoms with E-state index in [1.54, 1.807) is 0 Å². The van der Waals surface area contributed by atoms with Gasteiger partial charge in [0.15, 0.2) is 6.10 Å². The minimum absolute atomic E-state index is 0.0200. The Kier molecular flexibility index (Phi) is 14.4. The number of aliphatic hydroxyl groups excluding tert-OH is 5. The van der Waals surface area contributed by atoms with Gasteiger partial charge in [0.25, 0.3) is 0 Å². The number of hydrogen-bond donors (Lipinski definition) is 5. The SMILES string of the molecule is CCCCCCCCCCCC(=O)OC(=O)[C@H](O)[C@@H](O)[C@H](O)[C@H](O)CO. The van der Waals surface area contributed by atoms with Gasteiger partial charge in [0.1, 0.15) is 18.3 Å². The number of carbonyl (C=O) groups excluding carboxylic acids is 2. The molecular formula is C18H34O8. The molecule has 154 valence electrons. The van der Waals surface area contributed by atoms with E-state index in [2.05, 4.69) is 11.7 Å². The number of rotatable bonds is 15. The average Bonchev–Trinajstić information content (AvgIpc) is 2.63. The van der Waals surface area contributed by atoms with Gasteiger partial charge in [0.05, 0.1) is 6.61 Å². The topological polar surface area (TPSA) is 145 Å². The second kappa shape index (κ2) is 15.0. The van der Waals surface area contributed by atoms with Crippen LogP contribution in [-0.2, 0) is 14.3 Å². The molecule has 0 saturated heterocycles. The Balaban J connectivity index is 3.89. The molecule has 0 bridgehead atoms. The number of ether oxygens (including phenoxy) is 1. The van der Waals surface area contributed by atoms with Gasteiger partial charge in [-0.1, -0.05) is 58.3 Å². The Morgan fingerprint density at radius 1 is 0.808 bits per heavy atom. The highest BCUT2D eigenvalue weighted by Gasteiger charge is 2.35. The largest absolute Gasteiger partial charge is 0.394 e. The maximum Gasteiger partial charge on any atom is 0.345 e. The van der Waals surface area contributed by atoms with Gasteiger partial charge >= 0.3 is 11.9 Å². The lowest BCUT2D eigenvalue weighted by atomic mass is 10.0. The molecule has 5 N–H and O–H groups in total. The smallest absolute Gasteiger partial charge is 0.345 e. The molecule has 0 aromatic rings. The molecule has 4 atom stereocenters. The quantitative estimate of drug-likeness (QED) is 0.157. The van der Waals surface area contributed by atoms with E-state index in [0.717, 1.165) is 19.3 Å². The molecule has 0 saturated carbocycles. The molecule has 8 nitrogen and oxygen atoms in total. The molecule has 0 spiro atoms. The summed E-state index contributed by atoms with van der Waals surface area (Å²) in [5.41, 5.74) is 0. The minimum atomic E-state index is -2.20. The molecule has 0 aromatic carbocycles. The van der Waals surface area contributed by atoms with Crippen LogP contribution in [0.4, 0.5) is 0 Å². The molecule has 0 aromatic heterocycles. The summed E-state index contributed by atoms with van der Waals surface area (Å²) >= 11 is 0. The van der Waals surface area contributed by atoms with Crippen molar-refractivity contribution < 1.29 is 39.9 Å². The number of esters is 2. The van der Waals surface area contributed by atoms with Crippen LogP contribution in [0.25, 0.3) is 0 Å². The molecule has 0 unspecified atom stereocenters. The van der Waals surface area contributed by atoms with Crippen molar-refractivity contribution in [1.29, 1.82) is 0 Å². The first kappa shape index (κ1) is 24.9. The zero-order chi connectivity index (χ0) is 19.9. The summed E-state index contributed by atoms with van der Waals surface area (Å²) in [7, 11) is 0. The van der Waals surface area contributed by atoms with E-state index in [0.29, 0.717) is 6.42 Å². The minimum Gasteiger partial charge on any atom is -0.394 e. The lowest BCUT2D eigenvalue weighted by Gasteiger charge is -2.24. The Morgan fingerprint density at radius 3 is 1.81 bits per heavy atom. The van der Waals surface area contributed by atoms with Crippen molar-refractivity contribution in [2.75, 3.05) is 6.61 Å². The Morgan fingerprint density at radius 2 is 1.31 bits per heavy atom. The standard InChI is InChI=1S/C18H34O8/c1-2-3-4-5-6-7-8-9-10-11-14(21)26-18(25)17(24)16(23)15(22)13(20)12-19/h13,15-17,19-20,22-24H,2-12H2,1H3/t13-,15-,16+,17-/m1/s1. The Labute approximate surface area is 154 Å². The van der Waals surface area contributed by atoms with Crippen molar-refractivity contribution in [3.05, 3.63) is 0 Å². The van der Waals surface area contributed by atoms with Crippen LogP contribution >= 0.6 is 0 Å². The van der Waals surface area contributed by atoms with Gasteiger partial charge in [0.2, 0.25) is 0 Å². The van der Waals surface area contributed by atoms with E-state index in [4.69, 9.17) is 10.2 Å². The summed E-state index contributed by atoms with van der Waals surface area (Å²) in [5.74, 6) is -2.22. The van der Waals surface area contributed by atoms with Crippen LogP contribution in [0.2, 0.25) is 0 Å². The fourth-order valence-corrected chi connectivity index (χ4v) is 2.47. The molecule has 0 fully saturated rings. The molecule has 26 heavy (non-hydrogen) atoms. The van der Waals surface area contributed by atoms with E-state index in [9.17, 15) is 24.9 Å². The molecule has 0 radical (unpaired) electrons. The van der Waals surface area contributed by atoms with Crippen LogP contribution in [0.5, 0.6) is 0 Å². The summed E-state index contributed by atoms with van der Waals surface area (Å²) in [6, 6.07) is 0. The zero-order valence-electron chi connectivity index (χ0n) is 15.5. The van der Waals surface area contributed by atoms with Crippen molar-refractivity contribution in [2.45, 2.75) is 95.5 Å². The molecule has 0 aliphatic rings. The average molecular weight is 378 g/mol. The molecule has 0 rings (SSSR count). The third-order valence-electron chi connectivity index (χ3n) is 4.20. The van der Waals surface area contributed by atoms with Crippen molar-refractivity contribution in [3.8, 4) is 0 Å². The van der Waals surface area contributed by atoms with E-state index in [1.807, 2.05) is 0 Å². The number of carbonyl (C=O) groups is 2. The molecule has 0 aliphatic carbocycles. The summed E-state index contributed by atoms with van der Waals surface area (Å²) in [5, 5.41) is 46.3. The van der Waals surface area contributed by atoms with Crippen molar-refractivity contribution >= 4 is 11.9 Å². The highest BCUT2D eigenvalue weighted by Crippen LogP contribution is 2.11. The van der Waals surface area contributed by atoms with Crippen LogP contribution < -0.4 is 0 Å². The third kappa shape index (κ3) is 10.8. The predicted octanol–water partition coefficient (Wildman–Crippen LogP) is 0.413. The summed E-state index contributed by atoms with van der Waals surface area (Å²) in [6.07, 6.45) is 1.70. The number of unbranched alkanes of at least 4 members (excludes halogenated alkanes) is 8. The normalized spacial score (nSPS) is 15.9. The molecule has 8 heteroatoms. The van der Waals surface area contributed by atoms with Gasteiger partial charge in [-0.25, -0.2) is 4.79 Å². The first-order valence-corrected chi connectivity index (χ1v) is 9.42. The van der Waals surface area contributed by atoms with E-state index < -0.39 is 43.0 Å². The van der Waals surface area contributed by atoms with E-state index in [-0.39, 0.29) is 6.42 Å². The second-order valence-corrected chi connectivity index (χ2v) is 6.55. The second-order valence-electron chi connectivity index (χ2n) is 6.55. The van der Waals surface area contributed by atoms with Gasteiger partial charge in [-0.2, -0.15) is 0 Å². The van der Waals surface area contributed by atoms with Crippen molar-refractivity contribution in [3.63, 3.8) is 0 Å². The van der Waals surface area contributed by atoms with Gasteiger partial charge in [-0.3, -0.25) is 4.79 Å². The lowest BCUT2D eigenvalue weighted by molar-refractivity contribution is -0.176. The highest BCUT2D eigenvalue weighted by atomic mass is 16.6. The molecular weight excluding hydrogens is 344 g/mol. The fraction of sp³-hybridized carbons (Fsp3) is 0.889. The summed E-state index contributed by atoms with van der Waals surface area (Å²) in [4.78, 5) is 23.1. The molecule has 0 amide bonds. The van der Waals surface area contributed by atoms with Gasteiger partial charge in [0, 0.05) is 6.42 Å². The first-order chi connectivity index (χ1) is 12.3. The van der Waals surface area contributed by atoms with E-state index in [1.165, 1.54) is 32.1 Å². The fourth-order valence-electron chi connectivity index (χ4n) is 2.47. The zero-order valence-corrected chi connectivity index (χ0v) is 15.5. The van der Waals surface area contributed by atoms with Crippen LogP contribution in [-0.4, -0.2) is 68.5 Å². The predicted molar refractivity (Wildman–Crippen MR) is 94.1 cm³/mol. The Bertz CT molecular complexity index is 387. The number of hydrogen-bond acceptors (Lipinski definition) is 8. The van der Waals surface area contributed by atoms with Crippen LogP contribution in [0.15, 0.2) is 0 Å². The monoisotopic (exact) mass is 378 g/mol. The highest BCUT2D eigenvalue weighted by molar-refractivity contribution is 5.88. The maximum atomic E-state index is 11.6. The summed E-state index contributed by atoms with van der Waals surface area (Å²) < 4.78 is 4.43. The van der Waals surface area contributed by atoms with Crippen LogP contribution in [0.3, 0.4) is 0 Å². The van der Waals surface area contributed by atoms with Gasteiger partial charge < -0.3 is 30.3 Å². The van der Waals surface area contributed by atoms with Gasteiger partial charge in [-0.15, -0.1) is 0 Å².